The first-order chi connectivity index (χ1) is 9.25. The Morgan fingerprint density at radius 2 is 1.95 bits per heavy atom. The minimum absolute atomic E-state index is 0.584. The highest BCUT2D eigenvalue weighted by molar-refractivity contribution is 5.51. The molecule has 1 atom stereocenters. The minimum atomic E-state index is 0.584. The fourth-order valence-electron chi connectivity index (χ4n) is 3.36. The molecule has 1 aromatic carbocycles. The zero-order valence-corrected chi connectivity index (χ0v) is 12.2. The molecular weight excluding hydrogens is 234 g/mol. The highest BCUT2D eigenvalue weighted by Gasteiger charge is 2.26. The van der Waals surface area contributed by atoms with Gasteiger partial charge >= 0.3 is 0 Å². The monoisotopic (exact) mass is 259 g/mol. The van der Waals surface area contributed by atoms with E-state index in [4.69, 9.17) is 0 Å². The fraction of sp³-hybridized carbons (Fsp3) is 0.625. The van der Waals surface area contributed by atoms with Crippen molar-refractivity contribution in [3.63, 3.8) is 0 Å². The molecule has 0 unspecified atom stereocenters. The van der Waals surface area contributed by atoms with E-state index in [2.05, 4.69) is 47.4 Å². The molecule has 104 valence electrons. The maximum Gasteiger partial charge on any atom is 0.0476 e. The Hall–Kier alpha value is -1.06. The molecule has 0 amide bonds. The number of benzene rings is 1. The first kappa shape index (κ1) is 12.9. The van der Waals surface area contributed by atoms with Crippen LogP contribution in [0.5, 0.6) is 0 Å². The molecule has 0 saturated carbocycles. The molecule has 0 spiro atoms. The molecule has 3 nitrogen and oxygen atoms in total. The zero-order valence-electron chi connectivity index (χ0n) is 12.2. The van der Waals surface area contributed by atoms with Crippen LogP contribution in [0.2, 0.25) is 0 Å². The summed E-state index contributed by atoms with van der Waals surface area (Å²) < 4.78 is 0. The third kappa shape index (κ3) is 2.63. The van der Waals surface area contributed by atoms with Gasteiger partial charge in [0.15, 0.2) is 0 Å². The summed E-state index contributed by atoms with van der Waals surface area (Å²) in [5.74, 6) is 0. The standard InChI is InChI=1S/C16H25N3/c1-18(2)14-6-7-15-13(10-14)11-17-12-16(15)19-8-4-3-5-9-19/h6-7,10,16-17H,3-5,8-9,11-12H2,1-2H3/t16-/m0/s1. The van der Waals surface area contributed by atoms with Crippen molar-refractivity contribution in [3.05, 3.63) is 29.3 Å². The number of anilines is 1. The van der Waals surface area contributed by atoms with Gasteiger partial charge < -0.3 is 10.2 Å². The van der Waals surface area contributed by atoms with Crippen LogP contribution in [-0.4, -0.2) is 38.6 Å². The molecule has 2 aliphatic rings. The van der Waals surface area contributed by atoms with Crippen molar-refractivity contribution in [2.75, 3.05) is 38.6 Å². The Kier molecular flexibility index (Phi) is 3.76. The average Bonchev–Trinajstić information content (AvgIpc) is 2.47. The van der Waals surface area contributed by atoms with Crippen molar-refractivity contribution in [1.29, 1.82) is 0 Å². The van der Waals surface area contributed by atoms with Gasteiger partial charge in [-0.05, 0) is 49.2 Å². The maximum atomic E-state index is 3.59. The number of hydrogen-bond acceptors (Lipinski definition) is 3. The summed E-state index contributed by atoms with van der Waals surface area (Å²) in [6, 6.07) is 7.55. The Bertz CT molecular complexity index is 436. The van der Waals surface area contributed by atoms with Gasteiger partial charge in [-0.1, -0.05) is 12.5 Å². The molecule has 3 heteroatoms. The molecule has 1 fully saturated rings. The van der Waals surface area contributed by atoms with Gasteiger partial charge in [0.25, 0.3) is 0 Å². The number of nitrogens with one attached hydrogen (secondary N) is 1. The number of fused-ring (bicyclic) bond motifs is 1. The first-order valence-electron chi connectivity index (χ1n) is 7.50. The molecule has 0 aliphatic carbocycles. The largest absolute Gasteiger partial charge is 0.378 e. The van der Waals surface area contributed by atoms with E-state index in [0.29, 0.717) is 6.04 Å². The number of nitrogens with zero attached hydrogens (tertiary/aromatic N) is 2. The van der Waals surface area contributed by atoms with E-state index in [9.17, 15) is 0 Å². The van der Waals surface area contributed by atoms with Crippen LogP contribution in [0.3, 0.4) is 0 Å². The summed E-state index contributed by atoms with van der Waals surface area (Å²) in [7, 11) is 4.22. The summed E-state index contributed by atoms with van der Waals surface area (Å²) in [6.45, 7) is 4.65. The first-order valence-corrected chi connectivity index (χ1v) is 7.50. The topological polar surface area (TPSA) is 18.5 Å². The van der Waals surface area contributed by atoms with E-state index in [1.165, 1.54) is 43.6 Å². The van der Waals surface area contributed by atoms with E-state index in [1.807, 2.05) is 0 Å². The number of hydrogen-bond donors (Lipinski definition) is 1. The smallest absolute Gasteiger partial charge is 0.0476 e. The molecule has 0 bridgehead atoms. The van der Waals surface area contributed by atoms with Crippen LogP contribution < -0.4 is 10.2 Å². The van der Waals surface area contributed by atoms with Gasteiger partial charge in [0, 0.05) is 38.9 Å². The van der Waals surface area contributed by atoms with Crippen LogP contribution in [0, 0.1) is 0 Å². The van der Waals surface area contributed by atoms with Gasteiger partial charge in [0.2, 0.25) is 0 Å². The van der Waals surface area contributed by atoms with Crippen molar-refractivity contribution >= 4 is 5.69 Å². The molecule has 0 radical (unpaired) electrons. The van der Waals surface area contributed by atoms with Crippen LogP contribution in [0.4, 0.5) is 5.69 Å². The van der Waals surface area contributed by atoms with Crippen molar-refractivity contribution in [2.24, 2.45) is 0 Å². The minimum Gasteiger partial charge on any atom is -0.378 e. The van der Waals surface area contributed by atoms with E-state index >= 15 is 0 Å². The maximum absolute atomic E-state index is 3.59. The highest BCUT2D eigenvalue weighted by atomic mass is 15.2. The Morgan fingerprint density at radius 3 is 2.68 bits per heavy atom. The van der Waals surface area contributed by atoms with Gasteiger partial charge in [-0.25, -0.2) is 0 Å². The van der Waals surface area contributed by atoms with Crippen molar-refractivity contribution in [1.82, 2.24) is 10.2 Å². The fourth-order valence-corrected chi connectivity index (χ4v) is 3.36. The number of piperidine rings is 1. The molecule has 1 saturated heterocycles. The van der Waals surface area contributed by atoms with E-state index < -0.39 is 0 Å². The summed E-state index contributed by atoms with van der Waals surface area (Å²) in [5.41, 5.74) is 4.33. The summed E-state index contributed by atoms with van der Waals surface area (Å²) in [6.07, 6.45) is 4.13. The lowest BCUT2D eigenvalue weighted by molar-refractivity contribution is 0.154. The molecule has 0 aromatic heterocycles. The van der Waals surface area contributed by atoms with E-state index in [1.54, 1.807) is 5.56 Å². The molecule has 1 aromatic rings. The van der Waals surface area contributed by atoms with Crippen molar-refractivity contribution < 1.29 is 0 Å². The van der Waals surface area contributed by atoms with Crippen LogP contribution in [-0.2, 0) is 6.54 Å². The summed E-state index contributed by atoms with van der Waals surface area (Å²) in [5, 5.41) is 3.59. The second-order valence-corrected chi connectivity index (χ2v) is 6.02. The van der Waals surface area contributed by atoms with Crippen LogP contribution in [0.15, 0.2) is 18.2 Å². The van der Waals surface area contributed by atoms with Gasteiger partial charge in [0.05, 0.1) is 0 Å². The molecule has 2 heterocycles. The summed E-state index contributed by atoms with van der Waals surface area (Å²) in [4.78, 5) is 4.86. The molecule has 19 heavy (non-hydrogen) atoms. The van der Waals surface area contributed by atoms with Crippen LogP contribution in [0.1, 0.15) is 36.4 Å². The van der Waals surface area contributed by atoms with Crippen molar-refractivity contribution in [3.8, 4) is 0 Å². The predicted octanol–water partition coefficient (Wildman–Crippen LogP) is 2.38. The van der Waals surface area contributed by atoms with Crippen LogP contribution >= 0.6 is 0 Å². The third-order valence-corrected chi connectivity index (χ3v) is 4.49. The Morgan fingerprint density at radius 1 is 1.16 bits per heavy atom. The third-order valence-electron chi connectivity index (χ3n) is 4.49. The number of rotatable bonds is 2. The van der Waals surface area contributed by atoms with Gasteiger partial charge in [0.1, 0.15) is 0 Å². The van der Waals surface area contributed by atoms with Gasteiger partial charge in [-0.3, -0.25) is 4.90 Å². The van der Waals surface area contributed by atoms with Gasteiger partial charge in [-0.15, -0.1) is 0 Å². The highest BCUT2D eigenvalue weighted by Crippen LogP contribution is 2.31. The van der Waals surface area contributed by atoms with Crippen LogP contribution in [0.25, 0.3) is 0 Å². The molecular formula is C16H25N3. The van der Waals surface area contributed by atoms with Crippen molar-refractivity contribution in [2.45, 2.75) is 31.8 Å². The quantitative estimate of drug-likeness (QED) is 0.880. The Labute approximate surface area is 116 Å². The lowest BCUT2D eigenvalue weighted by Crippen LogP contribution is -2.42. The zero-order chi connectivity index (χ0) is 13.2. The van der Waals surface area contributed by atoms with E-state index in [0.717, 1.165) is 13.1 Å². The lowest BCUT2D eigenvalue weighted by Gasteiger charge is -2.38. The average molecular weight is 259 g/mol. The van der Waals surface area contributed by atoms with Gasteiger partial charge in [-0.2, -0.15) is 0 Å². The Balaban J connectivity index is 1.87. The normalized spacial score (nSPS) is 24.0. The molecule has 2 aliphatic heterocycles. The lowest BCUT2D eigenvalue weighted by atomic mass is 9.93. The summed E-state index contributed by atoms with van der Waals surface area (Å²) >= 11 is 0. The SMILES string of the molecule is CN(C)c1ccc2c(c1)CNC[C@@H]2N1CCCCC1. The molecule has 3 rings (SSSR count). The molecule has 1 N–H and O–H groups in total. The van der Waals surface area contributed by atoms with E-state index in [-0.39, 0.29) is 0 Å². The second kappa shape index (κ2) is 5.51. The predicted molar refractivity (Wildman–Crippen MR) is 80.6 cm³/mol. The number of likely N-dealkylation sites (tertiary alicyclic amines) is 1. The second-order valence-electron chi connectivity index (χ2n) is 6.02.